The number of amides is 1. The molecule has 0 unspecified atom stereocenters. The minimum absolute atomic E-state index is 0.245. The maximum absolute atomic E-state index is 12.0. The van der Waals surface area contributed by atoms with E-state index in [9.17, 15) is 4.79 Å². The Morgan fingerprint density at radius 1 is 1.30 bits per heavy atom. The molecule has 0 aromatic carbocycles. The first-order valence-electron chi connectivity index (χ1n) is 6.73. The number of nitrogens with zero attached hydrogens (tertiary/aromatic N) is 4. The van der Waals surface area contributed by atoms with E-state index in [1.807, 2.05) is 26.8 Å². The summed E-state index contributed by atoms with van der Waals surface area (Å²) in [5.74, 6) is 0.922. The van der Waals surface area contributed by atoms with Crippen molar-refractivity contribution in [3.63, 3.8) is 0 Å². The normalized spacial score (nSPS) is 20.0. The van der Waals surface area contributed by atoms with Gasteiger partial charge in [0.05, 0.1) is 0 Å². The van der Waals surface area contributed by atoms with Gasteiger partial charge in [-0.25, -0.2) is 9.79 Å². The van der Waals surface area contributed by atoms with Crippen molar-refractivity contribution in [2.75, 3.05) is 32.8 Å². The summed E-state index contributed by atoms with van der Waals surface area (Å²) in [6.07, 6.45) is 3.44. The molecule has 0 spiro atoms. The molecule has 0 aromatic heterocycles. The quantitative estimate of drug-likeness (QED) is 0.641. The van der Waals surface area contributed by atoms with E-state index >= 15 is 0 Å². The molecular formula is C13H21ClN4O2. The zero-order valence-corrected chi connectivity index (χ0v) is 12.9. The summed E-state index contributed by atoms with van der Waals surface area (Å²) in [4.78, 5) is 20.2. The Morgan fingerprint density at radius 3 is 2.45 bits per heavy atom. The van der Waals surface area contributed by atoms with E-state index in [-0.39, 0.29) is 6.09 Å². The lowest BCUT2D eigenvalue weighted by atomic mass is 10.2. The molecule has 0 saturated carbocycles. The van der Waals surface area contributed by atoms with Crippen LogP contribution in [0.1, 0.15) is 20.8 Å². The summed E-state index contributed by atoms with van der Waals surface area (Å²) < 4.78 is 6.87. The first-order chi connectivity index (χ1) is 9.35. The molecule has 1 fully saturated rings. The predicted octanol–water partition coefficient (Wildman–Crippen LogP) is 1.88. The number of carbonyl (C=O) groups excluding carboxylic acids is 1. The van der Waals surface area contributed by atoms with Gasteiger partial charge < -0.3 is 14.5 Å². The number of hydrogen-bond donors (Lipinski definition) is 0. The standard InChI is InChI=1S/C13H21ClN4O2/c1-13(2,3)20-12(19)17-8-6-16(7-9-17)11-4-5-18(14)10-15-11/h4-5H,6-10H2,1-3H3. The van der Waals surface area contributed by atoms with E-state index in [0.29, 0.717) is 19.8 Å². The number of rotatable bonds is 0. The van der Waals surface area contributed by atoms with E-state index < -0.39 is 5.60 Å². The third-order valence-electron chi connectivity index (χ3n) is 3.01. The second-order valence-corrected chi connectivity index (χ2v) is 6.26. The van der Waals surface area contributed by atoms with E-state index in [4.69, 9.17) is 16.5 Å². The summed E-state index contributed by atoms with van der Waals surface area (Å²) >= 11 is 5.80. The lowest BCUT2D eigenvalue weighted by Crippen LogP contribution is -2.51. The van der Waals surface area contributed by atoms with E-state index in [0.717, 1.165) is 18.9 Å². The fourth-order valence-electron chi connectivity index (χ4n) is 2.04. The number of hydrogen-bond acceptors (Lipinski definition) is 5. The van der Waals surface area contributed by atoms with Gasteiger partial charge in [-0.2, -0.15) is 0 Å². The van der Waals surface area contributed by atoms with Crippen molar-refractivity contribution < 1.29 is 9.53 Å². The Labute approximate surface area is 124 Å². The van der Waals surface area contributed by atoms with Gasteiger partial charge in [-0.1, -0.05) is 0 Å². The molecule has 2 rings (SSSR count). The third kappa shape index (κ3) is 4.03. The highest BCUT2D eigenvalue weighted by Crippen LogP contribution is 2.13. The van der Waals surface area contributed by atoms with E-state index in [1.54, 1.807) is 11.1 Å². The van der Waals surface area contributed by atoms with Crippen LogP contribution in [0.15, 0.2) is 17.3 Å². The minimum Gasteiger partial charge on any atom is -0.444 e. The molecule has 2 aliphatic heterocycles. The monoisotopic (exact) mass is 300 g/mol. The molecule has 20 heavy (non-hydrogen) atoms. The Bertz CT molecular complexity index is 423. The topological polar surface area (TPSA) is 48.4 Å². The second kappa shape index (κ2) is 5.91. The van der Waals surface area contributed by atoms with Crippen LogP contribution < -0.4 is 0 Å². The van der Waals surface area contributed by atoms with Crippen LogP contribution in [-0.4, -0.2) is 64.6 Å². The highest BCUT2D eigenvalue weighted by Gasteiger charge is 2.26. The number of amidine groups is 1. The predicted molar refractivity (Wildman–Crippen MR) is 78.5 cm³/mol. The number of carbonyl (C=O) groups is 1. The van der Waals surface area contributed by atoms with Crippen molar-refractivity contribution in [1.29, 1.82) is 0 Å². The molecular weight excluding hydrogens is 280 g/mol. The van der Waals surface area contributed by atoms with Gasteiger partial charge in [0.1, 0.15) is 18.1 Å². The fraction of sp³-hybridized carbons (Fsp3) is 0.692. The SMILES string of the molecule is CC(C)(C)OC(=O)N1CCN(C2=NCN(Cl)C=C2)CC1. The molecule has 0 bridgehead atoms. The molecule has 7 heteroatoms. The van der Waals surface area contributed by atoms with Crippen LogP contribution in [-0.2, 0) is 4.74 Å². The Balaban J connectivity index is 1.84. The van der Waals surface area contributed by atoms with Crippen LogP contribution in [0.2, 0.25) is 0 Å². The van der Waals surface area contributed by atoms with Crippen LogP contribution in [0.5, 0.6) is 0 Å². The van der Waals surface area contributed by atoms with Gasteiger partial charge in [0, 0.05) is 44.2 Å². The van der Waals surface area contributed by atoms with Crippen LogP contribution in [0.4, 0.5) is 4.79 Å². The van der Waals surface area contributed by atoms with Crippen molar-refractivity contribution >= 4 is 23.7 Å². The van der Waals surface area contributed by atoms with Crippen molar-refractivity contribution in [2.24, 2.45) is 4.99 Å². The largest absolute Gasteiger partial charge is 0.444 e. The summed E-state index contributed by atoms with van der Waals surface area (Å²) in [5, 5.41) is 0. The molecule has 0 N–H and O–H groups in total. The highest BCUT2D eigenvalue weighted by molar-refractivity contribution is 6.14. The smallest absolute Gasteiger partial charge is 0.410 e. The van der Waals surface area contributed by atoms with Gasteiger partial charge in [-0.15, -0.1) is 0 Å². The summed E-state index contributed by atoms with van der Waals surface area (Å²) in [6, 6.07) is 0. The molecule has 1 amide bonds. The molecule has 2 heterocycles. The number of ether oxygens (including phenoxy) is 1. The fourth-order valence-corrected chi connectivity index (χ4v) is 2.15. The molecule has 112 valence electrons. The van der Waals surface area contributed by atoms with Gasteiger partial charge in [-0.05, 0) is 26.8 Å². The van der Waals surface area contributed by atoms with E-state index in [1.165, 1.54) is 4.42 Å². The highest BCUT2D eigenvalue weighted by atomic mass is 35.5. The molecule has 0 aromatic rings. The molecule has 1 saturated heterocycles. The van der Waals surface area contributed by atoms with Crippen LogP contribution >= 0.6 is 11.8 Å². The molecule has 6 nitrogen and oxygen atoms in total. The maximum Gasteiger partial charge on any atom is 0.410 e. The van der Waals surface area contributed by atoms with Crippen molar-refractivity contribution in [2.45, 2.75) is 26.4 Å². The summed E-state index contributed by atoms with van der Waals surface area (Å²) in [7, 11) is 0. The lowest BCUT2D eigenvalue weighted by Gasteiger charge is -2.37. The maximum atomic E-state index is 12.0. The minimum atomic E-state index is -0.450. The van der Waals surface area contributed by atoms with Crippen molar-refractivity contribution in [1.82, 2.24) is 14.2 Å². The van der Waals surface area contributed by atoms with Crippen LogP contribution in [0.3, 0.4) is 0 Å². The first kappa shape index (κ1) is 15.0. The zero-order valence-electron chi connectivity index (χ0n) is 12.2. The van der Waals surface area contributed by atoms with Gasteiger partial charge in [0.15, 0.2) is 0 Å². The number of halogens is 1. The van der Waals surface area contributed by atoms with Crippen molar-refractivity contribution in [3.8, 4) is 0 Å². The summed E-state index contributed by atoms with van der Waals surface area (Å²) in [5.41, 5.74) is -0.450. The summed E-state index contributed by atoms with van der Waals surface area (Å²) in [6.45, 7) is 8.88. The molecule has 0 radical (unpaired) electrons. The second-order valence-electron chi connectivity index (χ2n) is 5.83. The van der Waals surface area contributed by atoms with Gasteiger partial charge >= 0.3 is 6.09 Å². The van der Waals surface area contributed by atoms with Gasteiger partial charge in [-0.3, -0.25) is 4.42 Å². The van der Waals surface area contributed by atoms with Gasteiger partial charge in [0.2, 0.25) is 0 Å². The number of piperazine rings is 1. The Hall–Kier alpha value is -1.43. The van der Waals surface area contributed by atoms with Crippen LogP contribution in [0.25, 0.3) is 0 Å². The van der Waals surface area contributed by atoms with Crippen LogP contribution in [0, 0.1) is 0 Å². The molecule has 0 aliphatic carbocycles. The third-order valence-corrected chi connectivity index (χ3v) is 3.23. The number of aliphatic imine (C=N–C) groups is 1. The zero-order chi connectivity index (χ0) is 14.8. The average molecular weight is 301 g/mol. The first-order valence-corrected chi connectivity index (χ1v) is 7.07. The van der Waals surface area contributed by atoms with E-state index in [2.05, 4.69) is 9.89 Å². The van der Waals surface area contributed by atoms with Crippen molar-refractivity contribution in [3.05, 3.63) is 12.3 Å². The lowest BCUT2D eigenvalue weighted by molar-refractivity contribution is 0.0187. The average Bonchev–Trinajstić information content (AvgIpc) is 2.38. The molecule has 2 aliphatic rings. The molecule has 0 atom stereocenters. The van der Waals surface area contributed by atoms with Gasteiger partial charge in [0.25, 0.3) is 0 Å². The Morgan fingerprint density at radius 2 is 1.95 bits per heavy atom. The Kier molecular flexibility index (Phi) is 4.42.